The first kappa shape index (κ1) is 13.5. The number of methoxy groups -OCH3 is 1. The van der Waals surface area contributed by atoms with Crippen LogP contribution in [0.5, 0.6) is 11.5 Å². The van der Waals surface area contributed by atoms with Gasteiger partial charge in [-0.3, -0.25) is 4.79 Å². The van der Waals surface area contributed by atoms with Crippen LogP contribution in [-0.4, -0.2) is 32.7 Å². The van der Waals surface area contributed by atoms with E-state index in [9.17, 15) is 4.79 Å². The van der Waals surface area contributed by atoms with E-state index in [2.05, 4.69) is 0 Å². The van der Waals surface area contributed by atoms with Gasteiger partial charge in [-0.2, -0.15) is 0 Å². The highest BCUT2D eigenvalue weighted by Crippen LogP contribution is 2.25. The maximum Gasteiger partial charge on any atom is 0.163 e. The molecule has 94 valence electrons. The van der Waals surface area contributed by atoms with Crippen LogP contribution >= 0.6 is 0 Å². The van der Waals surface area contributed by atoms with Gasteiger partial charge in [-0.25, -0.2) is 0 Å². The fraction of sp³-hybridized carbons (Fsp3) is 0.462. The summed E-state index contributed by atoms with van der Waals surface area (Å²) in [6.07, 6.45) is 0. The second-order valence-electron chi connectivity index (χ2n) is 3.49. The van der Waals surface area contributed by atoms with Crippen LogP contribution in [0.25, 0.3) is 0 Å². The molecular weight excluding hydrogens is 220 g/mol. The molecule has 0 spiro atoms. The van der Waals surface area contributed by atoms with Crippen molar-refractivity contribution in [3.05, 3.63) is 23.8 Å². The molecule has 0 fully saturated rings. The van der Waals surface area contributed by atoms with Crippen molar-refractivity contribution < 1.29 is 19.0 Å². The third kappa shape index (κ3) is 4.07. The lowest BCUT2D eigenvalue weighted by Crippen LogP contribution is -2.07. The van der Waals surface area contributed by atoms with Gasteiger partial charge in [0, 0.05) is 13.2 Å². The standard InChI is InChI=1S/C13H18O4/c1-4-16-11-5-6-12(10(2)14)13(9-11)17-8-7-15-3/h5-6,9H,4,7-8H2,1-3H3. The van der Waals surface area contributed by atoms with Crippen LogP contribution in [0.4, 0.5) is 0 Å². The minimum atomic E-state index is -0.0273. The maximum atomic E-state index is 11.4. The van der Waals surface area contributed by atoms with Gasteiger partial charge in [0.1, 0.15) is 18.1 Å². The summed E-state index contributed by atoms with van der Waals surface area (Å²) >= 11 is 0. The highest BCUT2D eigenvalue weighted by Gasteiger charge is 2.10. The number of hydrogen-bond donors (Lipinski definition) is 0. The summed E-state index contributed by atoms with van der Waals surface area (Å²) in [4.78, 5) is 11.4. The van der Waals surface area contributed by atoms with E-state index in [0.29, 0.717) is 36.9 Å². The second-order valence-corrected chi connectivity index (χ2v) is 3.49. The Bertz CT molecular complexity index is 374. The predicted molar refractivity (Wildman–Crippen MR) is 65.0 cm³/mol. The number of rotatable bonds is 7. The Morgan fingerprint density at radius 2 is 2.00 bits per heavy atom. The number of carbonyl (C=O) groups excluding carboxylic acids is 1. The Kier molecular flexibility index (Phi) is 5.49. The molecule has 0 saturated heterocycles. The van der Waals surface area contributed by atoms with Crippen LogP contribution in [0.3, 0.4) is 0 Å². The molecule has 0 atom stereocenters. The van der Waals surface area contributed by atoms with E-state index in [1.165, 1.54) is 6.92 Å². The molecular formula is C13H18O4. The zero-order valence-corrected chi connectivity index (χ0v) is 10.5. The molecule has 1 rings (SSSR count). The molecule has 0 unspecified atom stereocenters. The monoisotopic (exact) mass is 238 g/mol. The Hall–Kier alpha value is -1.55. The fourth-order valence-corrected chi connectivity index (χ4v) is 1.40. The van der Waals surface area contributed by atoms with Gasteiger partial charge < -0.3 is 14.2 Å². The van der Waals surface area contributed by atoms with Gasteiger partial charge in [-0.1, -0.05) is 0 Å². The van der Waals surface area contributed by atoms with Crippen molar-refractivity contribution in [1.82, 2.24) is 0 Å². The Labute approximate surface area is 101 Å². The van der Waals surface area contributed by atoms with E-state index in [1.54, 1.807) is 25.3 Å². The Morgan fingerprint density at radius 1 is 1.24 bits per heavy atom. The summed E-state index contributed by atoms with van der Waals surface area (Å²) in [5, 5.41) is 0. The molecule has 0 radical (unpaired) electrons. The number of ether oxygens (including phenoxy) is 3. The molecule has 1 aromatic carbocycles. The Morgan fingerprint density at radius 3 is 2.59 bits per heavy atom. The fourth-order valence-electron chi connectivity index (χ4n) is 1.40. The zero-order chi connectivity index (χ0) is 12.7. The van der Waals surface area contributed by atoms with Gasteiger partial charge in [0.25, 0.3) is 0 Å². The molecule has 0 aromatic heterocycles. The summed E-state index contributed by atoms with van der Waals surface area (Å²) in [5.41, 5.74) is 0.560. The topological polar surface area (TPSA) is 44.8 Å². The van der Waals surface area contributed by atoms with E-state index >= 15 is 0 Å². The average Bonchev–Trinajstić information content (AvgIpc) is 2.30. The molecule has 4 nitrogen and oxygen atoms in total. The van der Waals surface area contributed by atoms with Crippen molar-refractivity contribution in [3.63, 3.8) is 0 Å². The van der Waals surface area contributed by atoms with Crippen molar-refractivity contribution in [2.75, 3.05) is 26.9 Å². The van der Waals surface area contributed by atoms with Crippen LogP contribution in [0.15, 0.2) is 18.2 Å². The van der Waals surface area contributed by atoms with E-state index in [1.807, 2.05) is 6.92 Å². The zero-order valence-electron chi connectivity index (χ0n) is 10.5. The highest BCUT2D eigenvalue weighted by molar-refractivity contribution is 5.97. The van der Waals surface area contributed by atoms with Crippen LogP contribution in [0.1, 0.15) is 24.2 Å². The van der Waals surface area contributed by atoms with Gasteiger partial charge >= 0.3 is 0 Å². The lowest BCUT2D eigenvalue weighted by atomic mass is 10.1. The van der Waals surface area contributed by atoms with Gasteiger partial charge in [0.15, 0.2) is 5.78 Å². The minimum absolute atomic E-state index is 0.0273. The predicted octanol–water partition coefficient (Wildman–Crippen LogP) is 2.31. The summed E-state index contributed by atoms with van der Waals surface area (Å²) in [5.74, 6) is 1.21. The lowest BCUT2D eigenvalue weighted by Gasteiger charge is -2.11. The van der Waals surface area contributed by atoms with Gasteiger partial charge in [0.2, 0.25) is 0 Å². The van der Waals surface area contributed by atoms with Gasteiger partial charge in [0.05, 0.1) is 18.8 Å². The molecule has 0 aliphatic carbocycles. The first-order valence-corrected chi connectivity index (χ1v) is 5.58. The van der Waals surface area contributed by atoms with Crippen molar-refractivity contribution in [2.45, 2.75) is 13.8 Å². The van der Waals surface area contributed by atoms with E-state index in [4.69, 9.17) is 14.2 Å². The van der Waals surface area contributed by atoms with Crippen molar-refractivity contribution in [2.24, 2.45) is 0 Å². The maximum absolute atomic E-state index is 11.4. The quantitative estimate of drug-likeness (QED) is 0.540. The number of carbonyl (C=O) groups is 1. The number of hydrogen-bond acceptors (Lipinski definition) is 4. The van der Waals surface area contributed by atoms with Crippen molar-refractivity contribution >= 4 is 5.78 Å². The molecule has 0 aliphatic rings. The molecule has 0 bridgehead atoms. The third-order valence-electron chi connectivity index (χ3n) is 2.19. The van der Waals surface area contributed by atoms with Crippen molar-refractivity contribution in [3.8, 4) is 11.5 Å². The van der Waals surface area contributed by atoms with Crippen molar-refractivity contribution in [1.29, 1.82) is 0 Å². The number of benzene rings is 1. The van der Waals surface area contributed by atoms with E-state index < -0.39 is 0 Å². The summed E-state index contributed by atoms with van der Waals surface area (Å²) in [7, 11) is 1.60. The summed E-state index contributed by atoms with van der Waals surface area (Å²) < 4.78 is 15.8. The summed E-state index contributed by atoms with van der Waals surface area (Å²) in [6, 6.07) is 5.22. The van der Waals surface area contributed by atoms with Gasteiger partial charge in [-0.15, -0.1) is 0 Å². The minimum Gasteiger partial charge on any atom is -0.494 e. The normalized spacial score (nSPS) is 10.1. The number of ketones is 1. The van der Waals surface area contributed by atoms with E-state index in [-0.39, 0.29) is 5.78 Å². The lowest BCUT2D eigenvalue weighted by molar-refractivity contribution is 0.100. The van der Waals surface area contributed by atoms with Gasteiger partial charge in [-0.05, 0) is 26.0 Å². The molecule has 0 N–H and O–H groups in total. The molecule has 0 saturated carbocycles. The summed E-state index contributed by atoms with van der Waals surface area (Å²) in [6.45, 7) is 4.89. The molecule has 0 aliphatic heterocycles. The molecule has 0 amide bonds. The second kappa shape index (κ2) is 6.91. The molecule has 1 aromatic rings. The smallest absolute Gasteiger partial charge is 0.163 e. The Balaban J connectivity index is 2.86. The molecule has 0 heterocycles. The van der Waals surface area contributed by atoms with Crippen LogP contribution in [-0.2, 0) is 4.74 Å². The highest BCUT2D eigenvalue weighted by atomic mass is 16.5. The van der Waals surface area contributed by atoms with Crippen LogP contribution in [0, 0.1) is 0 Å². The SMILES string of the molecule is CCOc1ccc(C(C)=O)c(OCCOC)c1. The van der Waals surface area contributed by atoms with Crippen LogP contribution in [0.2, 0.25) is 0 Å². The first-order valence-electron chi connectivity index (χ1n) is 5.58. The molecule has 4 heteroatoms. The first-order chi connectivity index (χ1) is 8.19. The van der Waals surface area contributed by atoms with Crippen LogP contribution < -0.4 is 9.47 Å². The molecule has 17 heavy (non-hydrogen) atoms. The number of Topliss-reactive ketones (excluding diaryl/α,β-unsaturated/α-hetero) is 1. The largest absolute Gasteiger partial charge is 0.494 e. The van der Waals surface area contributed by atoms with E-state index in [0.717, 1.165) is 0 Å². The average molecular weight is 238 g/mol. The third-order valence-corrected chi connectivity index (χ3v) is 2.19.